The summed E-state index contributed by atoms with van der Waals surface area (Å²) in [4.78, 5) is 145. The average Bonchev–Trinajstić information content (AvgIpc) is 4.04. The number of carbonyl (C=O) groups is 10. The van der Waals surface area contributed by atoms with Gasteiger partial charge in [0.05, 0.1) is 19.2 Å². The van der Waals surface area contributed by atoms with Crippen LogP contribution in [0.15, 0.2) is 35.5 Å². The van der Waals surface area contributed by atoms with Crippen LogP contribution in [-0.2, 0) is 54.4 Å². The molecular weight excluding hydrogens is 997 g/mol. The maximum Gasteiger partial charge on any atom is 0.245 e. The van der Waals surface area contributed by atoms with Gasteiger partial charge in [-0.2, -0.15) is 0 Å². The predicted octanol–water partition coefficient (Wildman–Crippen LogP) is -1.33. The number of hydrogen-bond donors (Lipinski definition) is 12. The molecular formula is C52H84N14O11. The van der Waals surface area contributed by atoms with Gasteiger partial charge in [-0.1, -0.05) is 65.7 Å². The Kier molecular flexibility index (Phi) is 26.3. The molecule has 10 amide bonds. The Bertz CT molecular complexity index is 2390. The molecule has 25 heteroatoms. The summed E-state index contributed by atoms with van der Waals surface area (Å²) in [6.45, 7) is 13.2. The second-order valence-electron chi connectivity index (χ2n) is 20.1. The van der Waals surface area contributed by atoms with E-state index in [1.165, 1.54) is 25.8 Å². The molecule has 0 saturated carbocycles. The highest BCUT2D eigenvalue weighted by Gasteiger charge is 2.40. The third-order valence-electron chi connectivity index (χ3n) is 13.3. The Hall–Kier alpha value is -7.31. The lowest BCUT2D eigenvalue weighted by atomic mass is 9.96. The fraction of sp³-hybridized carbons (Fsp3) is 0.635. The maximum absolute atomic E-state index is 14.2. The number of para-hydroxylation sites is 1. The van der Waals surface area contributed by atoms with Gasteiger partial charge < -0.3 is 73.9 Å². The third-order valence-corrected chi connectivity index (χ3v) is 13.3. The van der Waals surface area contributed by atoms with Gasteiger partial charge in [-0.25, -0.2) is 0 Å². The molecule has 1 aliphatic rings. The number of nitrogens with zero attached hydrogens (tertiary/aromatic N) is 3. The molecule has 1 saturated heterocycles. The fourth-order valence-electron chi connectivity index (χ4n) is 8.76. The number of aliphatic hydroxyl groups excluding tert-OH is 1. The Morgan fingerprint density at radius 2 is 1.40 bits per heavy atom. The second kappa shape index (κ2) is 31.7. The van der Waals surface area contributed by atoms with Gasteiger partial charge >= 0.3 is 0 Å². The smallest absolute Gasteiger partial charge is 0.245 e. The van der Waals surface area contributed by atoms with Crippen molar-refractivity contribution in [1.29, 1.82) is 0 Å². The van der Waals surface area contributed by atoms with Gasteiger partial charge in [-0.3, -0.25) is 52.9 Å². The minimum absolute atomic E-state index is 0.0462. The molecule has 0 radical (unpaired) electrons. The van der Waals surface area contributed by atoms with E-state index in [-0.39, 0.29) is 62.5 Å². The Morgan fingerprint density at radius 1 is 0.779 bits per heavy atom. The molecule has 3 rings (SSSR count). The molecule has 1 aromatic carbocycles. The number of rotatable bonds is 31. The Morgan fingerprint density at radius 3 is 2.03 bits per heavy atom. The number of H-pyrrole nitrogens is 1. The average molecular weight is 1080 g/mol. The van der Waals surface area contributed by atoms with E-state index in [4.69, 9.17) is 11.5 Å². The molecule has 77 heavy (non-hydrogen) atoms. The number of guanidine groups is 1. The number of fused-ring (bicyclic) bond motifs is 1. The number of likely N-dealkylation sites (tertiary alicyclic amines) is 1. The molecule has 2 aromatic rings. The first-order chi connectivity index (χ1) is 36.4. The number of nitrogens with two attached hydrogens (primary N) is 2. The van der Waals surface area contributed by atoms with Crippen LogP contribution in [0.5, 0.6) is 0 Å². The molecule has 1 aliphatic heterocycles. The summed E-state index contributed by atoms with van der Waals surface area (Å²) in [6.07, 6.45) is 2.45. The van der Waals surface area contributed by atoms with Crippen molar-refractivity contribution in [2.24, 2.45) is 28.3 Å². The lowest BCUT2D eigenvalue weighted by Crippen LogP contribution is -2.62. The van der Waals surface area contributed by atoms with Crippen molar-refractivity contribution in [3.05, 3.63) is 36.0 Å². The molecule has 0 unspecified atom stereocenters. The monoisotopic (exact) mass is 1080 g/mol. The van der Waals surface area contributed by atoms with Crippen LogP contribution in [-0.4, -0.2) is 173 Å². The molecule has 428 valence electrons. The number of aliphatic imine (C=N–C) groups is 1. The summed E-state index contributed by atoms with van der Waals surface area (Å²) >= 11 is 0. The third kappa shape index (κ3) is 20.3. The summed E-state index contributed by atoms with van der Waals surface area (Å²) in [6, 6.07) is -1.26. The minimum Gasteiger partial charge on any atom is -0.391 e. The molecule has 0 aliphatic carbocycles. The van der Waals surface area contributed by atoms with Gasteiger partial charge in [-0.15, -0.1) is 0 Å². The van der Waals surface area contributed by atoms with Gasteiger partial charge in [0.25, 0.3) is 0 Å². The van der Waals surface area contributed by atoms with Crippen molar-refractivity contribution in [1.82, 2.24) is 57.3 Å². The van der Waals surface area contributed by atoms with E-state index in [1.807, 2.05) is 31.2 Å². The number of nitrogens with one attached hydrogen (secondary N) is 9. The zero-order valence-corrected chi connectivity index (χ0v) is 46.1. The lowest BCUT2D eigenvalue weighted by molar-refractivity contribution is -0.142. The Balaban J connectivity index is 1.84. The number of aromatic amines is 1. The van der Waals surface area contributed by atoms with E-state index in [2.05, 4.69) is 52.5 Å². The molecule has 1 fully saturated rings. The molecule has 1 aromatic heterocycles. The molecule has 2 heterocycles. The summed E-state index contributed by atoms with van der Waals surface area (Å²) < 4.78 is 0. The van der Waals surface area contributed by atoms with Crippen LogP contribution < -0.4 is 54.0 Å². The first-order valence-electron chi connectivity index (χ1n) is 26.6. The number of carbonyl (C=O) groups excluding carboxylic acids is 10. The topological polar surface area (TPSA) is 374 Å². The number of aromatic nitrogens is 1. The number of benzene rings is 1. The molecule has 25 nitrogen and oxygen atoms in total. The first-order valence-corrected chi connectivity index (χ1v) is 26.6. The quantitative estimate of drug-likeness (QED) is 0.0237. The van der Waals surface area contributed by atoms with Crippen molar-refractivity contribution >= 4 is 75.9 Å². The van der Waals surface area contributed by atoms with Gasteiger partial charge in [-0.05, 0) is 75.8 Å². The first kappa shape index (κ1) is 64.0. The SMILES string of the molecule is CCC[C@H](NC(=O)[C@@H](NC(=O)[C@@H](CC(C)C)NC(=O)[C@H](Cc1c[nH]c2ccccc12)NC(=O)CNC(=O)CN(C)C(C)=O)[C@@H](C)O)C(=O)N[C@H](C(=O)N[C@@H](CCCN=C(N)N)C(=O)N1CCC[C@H]1C(=O)NCC)[C@@H](C)CC. The van der Waals surface area contributed by atoms with Crippen LogP contribution in [0, 0.1) is 11.8 Å². The highest BCUT2D eigenvalue weighted by Crippen LogP contribution is 2.22. The van der Waals surface area contributed by atoms with Crippen molar-refractivity contribution < 1.29 is 53.1 Å². The minimum atomic E-state index is -1.65. The standard InChI is InChI=1S/C52H84N14O11/c1-10-17-36(45(71)63-43(30(6)11-2)49(75)61-37(20-15-22-56-52(53)54)51(77)66-23-16-21-40(66)48(74)55-12-3)60-50(76)44(31(7)67)64-47(73)38(24-29(4)5)62-46(72)39(25-33-26-57-35-19-14-13-18-34(33)35)59-41(69)27-58-42(70)28-65(9)32(8)68/h13-14,18-19,26,29-31,36-40,43-44,57,67H,10-12,15-17,20-25,27-28H2,1-9H3,(H,55,74)(H,58,70)(H,59,69)(H,60,76)(H,61,75)(H,62,72)(H,63,71)(H,64,73)(H4,53,54,56)/t30-,31+,36-,37-,38+,39-,40-,43-,44-/m0/s1. The van der Waals surface area contributed by atoms with Crippen LogP contribution in [0.3, 0.4) is 0 Å². The lowest BCUT2D eigenvalue weighted by Gasteiger charge is -2.31. The molecule has 0 spiro atoms. The van der Waals surface area contributed by atoms with E-state index in [1.54, 1.807) is 40.8 Å². The van der Waals surface area contributed by atoms with E-state index < -0.39 is 108 Å². The van der Waals surface area contributed by atoms with Gasteiger partial charge in [0.15, 0.2) is 5.96 Å². The zero-order chi connectivity index (χ0) is 57.5. The van der Waals surface area contributed by atoms with Crippen LogP contribution in [0.4, 0.5) is 0 Å². The second-order valence-corrected chi connectivity index (χ2v) is 20.1. The van der Waals surface area contributed by atoms with Crippen LogP contribution in [0.25, 0.3) is 10.9 Å². The summed E-state index contributed by atoms with van der Waals surface area (Å²) in [5, 5.41) is 33.0. The summed E-state index contributed by atoms with van der Waals surface area (Å²) in [5.74, 6) is -7.32. The van der Waals surface area contributed by atoms with Crippen LogP contribution in [0.2, 0.25) is 0 Å². The van der Waals surface area contributed by atoms with E-state index >= 15 is 0 Å². The number of hydrogen-bond acceptors (Lipinski definition) is 12. The number of likely N-dealkylation sites (N-methyl/N-ethyl adjacent to an activating group) is 2. The largest absolute Gasteiger partial charge is 0.391 e. The van der Waals surface area contributed by atoms with Crippen LogP contribution in [0.1, 0.15) is 112 Å². The highest BCUT2D eigenvalue weighted by molar-refractivity contribution is 5.98. The highest BCUT2D eigenvalue weighted by atomic mass is 16.3. The van der Waals surface area contributed by atoms with E-state index in [9.17, 15) is 53.1 Å². The van der Waals surface area contributed by atoms with Crippen molar-refractivity contribution in [2.75, 3.05) is 39.8 Å². The normalized spacial score (nSPS) is 16.2. The molecule has 9 atom stereocenters. The predicted molar refractivity (Wildman–Crippen MR) is 289 cm³/mol. The van der Waals surface area contributed by atoms with Gasteiger partial charge in [0, 0.05) is 57.1 Å². The fourth-order valence-corrected chi connectivity index (χ4v) is 8.76. The maximum atomic E-state index is 14.2. The molecule has 14 N–H and O–H groups in total. The van der Waals surface area contributed by atoms with Crippen molar-refractivity contribution in [2.45, 2.75) is 162 Å². The summed E-state index contributed by atoms with van der Waals surface area (Å²) in [5.41, 5.74) is 12.5. The zero-order valence-electron chi connectivity index (χ0n) is 46.1. The van der Waals surface area contributed by atoms with Gasteiger partial charge in [0.2, 0.25) is 59.1 Å². The molecule has 0 bridgehead atoms. The van der Waals surface area contributed by atoms with Crippen molar-refractivity contribution in [3.63, 3.8) is 0 Å². The van der Waals surface area contributed by atoms with E-state index in [0.717, 1.165) is 15.8 Å². The number of aliphatic hydroxyl groups is 1. The Labute approximate surface area is 450 Å². The van der Waals surface area contributed by atoms with Crippen LogP contribution >= 0.6 is 0 Å². The number of amides is 10. The van der Waals surface area contributed by atoms with Crippen molar-refractivity contribution in [3.8, 4) is 0 Å². The summed E-state index contributed by atoms with van der Waals surface area (Å²) in [7, 11) is 1.42. The van der Waals surface area contributed by atoms with E-state index in [0.29, 0.717) is 50.8 Å². The van der Waals surface area contributed by atoms with Gasteiger partial charge in [0.1, 0.15) is 42.3 Å².